The number of rotatable bonds is 3. The van der Waals surface area contributed by atoms with Gasteiger partial charge in [0.05, 0.1) is 5.54 Å². The van der Waals surface area contributed by atoms with Crippen LogP contribution in [0.5, 0.6) is 0 Å². The van der Waals surface area contributed by atoms with Gasteiger partial charge in [0.1, 0.15) is 0 Å². The van der Waals surface area contributed by atoms with E-state index in [0.29, 0.717) is 22.7 Å². The van der Waals surface area contributed by atoms with Crippen molar-refractivity contribution in [2.45, 2.75) is 65.8 Å². The molecular weight excluding hydrogens is 236 g/mol. The van der Waals surface area contributed by atoms with Gasteiger partial charge in [-0.1, -0.05) is 47.5 Å². The SMILES string of the molecule is CC1CCCC(N)(C(=O)NCC2C(C)(C)C2(C)C)C1. The van der Waals surface area contributed by atoms with E-state index in [9.17, 15) is 4.79 Å². The Morgan fingerprint density at radius 3 is 2.32 bits per heavy atom. The molecule has 2 saturated carbocycles. The van der Waals surface area contributed by atoms with Gasteiger partial charge in [-0.05, 0) is 35.5 Å². The highest BCUT2D eigenvalue weighted by Gasteiger charge is 2.64. The number of amides is 1. The first kappa shape index (κ1) is 14.8. The molecule has 0 heterocycles. The largest absolute Gasteiger partial charge is 0.354 e. The summed E-state index contributed by atoms with van der Waals surface area (Å²) < 4.78 is 0. The van der Waals surface area contributed by atoms with Gasteiger partial charge in [-0.15, -0.1) is 0 Å². The molecule has 0 saturated heterocycles. The third-order valence-corrected chi connectivity index (χ3v) is 6.27. The minimum absolute atomic E-state index is 0.0672. The van der Waals surface area contributed by atoms with Gasteiger partial charge in [-0.3, -0.25) is 4.79 Å². The molecule has 2 atom stereocenters. The zero-order valence-corrected chi connectivity index (χ0v) is 13.2. The summed E-state index contributed by atoms with van der Waals surface area (Å²) in [7, 11) is 0. The standard InChI is InChI=1S/C16H30N2O/c1-11-7-6-8-16(17,9-11)13(19)18-10-12-14(2,3)15(12,4)5/h11-12H,6-10,17H2,1-5H3,(H,18,19). The molecule has 2 unspecified atom stereocenters. The first-order valence-corrected chi connectivity index (χ1v) is 7.68. The third kappa shape index (κ3) is 2.42. The van der Waals surface area contributed by atoms with Crippen molar-refractivity contribution < 1.29 is 4.79 Å². The number of hydrogen-bond acceptors (Lipinski definition) is 2. The average Bonchev–Trinajstić information content (AvgIpc) is 2.66. The quantitative estimate of drug-likeness (QED) is 0.825. The number of hydrogen-bond donors (Lipinski definition) is 2. The normalized spacial score (nSPS) is 36.8. The fraction of sp³-hybridized carbons (Fsp3) is 0.938. The van der Waals surface area contributed by atoms with E-state index in [1.165, 1.54) is 6.42 Å². The molecule has 0 bridgehead atoms. The van der Waals surface area contributed by atoms with E-state index in [1.54, 1.807) is 0 Å². The lowest BCUT2D eigenvalue weighted by Gasteiger charge is -2.35. The molecule has 1 amide bonds. The maximum absolute atomic E-state index is 12.4. The molecule has 3 nitrogen and oxygen atoms in total. The van der Waals surface area contributed by atoms with Crippen LogP contribution in [0.4, 0.5) is 0 Å². The lowest BCUT2D eigenvalue weighted by Crippen LogP contribution is -2.56. The van der Waals surface area contributed by atoms with E-state index in [0.717, 1.165) is 25.8 Å². The Bertz CT molecular complexity index is 361. The summed E-state index contributed by atoms with van der Waals surface area (Å²) in [4.78, 5) is 12.4. The molecule has 0 spiro atoms. The highest BCUT2D eigenvalue weighted by molar-refractivity contribution is 5.86. The summed E-state index contributed by atoms with van der Waals surface area (Å²) >= 11 is 0. The minimum atomic E-state index is -0.624. The first-order valence-electron chi connectivity index (χ1n) is 7.68. The van der Waals surface area contributed by atoms with Crippen molar-refractivity contribution in [1.29, 1.82) is 0 Å². The van der Waals surface area contributed by atoms with Gasteiger partial charge in [-0.2, -0.15) is 0 Å². The van der Waals surface area contributed by atoms with E-state index in [2.05, 4.69) is 39.9 Å². The molecule has 0 radical (unpaired) electrons. The van der Waals surface area contributed by atoms with Gasteiger partial charge in [0, 0.05) is 6.54 Å². The Labute approximate surface area is 117 Å². The summed E-state index contributed by atoms with van der Waals surface area (Å²) in [5.41, 5.74) is 6.34. The topological polar surface area (TPSA) is 55.1 Å². The van der Waals surface area contributed by atoms with Crippen LogP contribution in [0.3, 0.4) is 0 Å². The van der Waals surface area contributed by atoms with E-state index < -0.39 is 5.54 Å². The van der Waals surface area contributed by atoms with Gasteiger partial charge < -0.3 is 11.1 Å². The zero-order valence-electron chi connectivity index (χ0n) is 13.2. The molecule has 0 aromatic carbocycles. The number of nitrogens with two attached hydrogens (primary N) is 1. The molecule has 0 aromatic heterocycles. The molecule has 2 rings (SSSR count). The Morgan fingerprint density at radius 1 is 1.26 bits per heavy atom. The average molecular weight is 266 g/mol. The number of carbonyl (C=O) groups excluding carboxylic acids is 1. The van der Waals surface area contributed by atoms with Gasteiger partial charge in [0.15, 0.2) is 0 Å². The van der Waals surface area contributed by atoms with Crippen LogP contribution in [-0.2, 0) is 4.79 Å². The van der Waals surface area contributed by atoms with E-state index in [1.807, 2.05) is 0 Å². The van der Waals surface area contributed by atoms with Gasteiger partial charge >= 0.3 is 0 Å². The van der Waals surface area contributed by atoms with Gasteiger partial charge in [-0.25, -0.2) is 0 Å². The maximum atomic E-state index is 12.4. The van der Waals surface area contributed by atoms with E-state index in [4.69, 9.17) is 5.73 Å². The highest BCUT2D eigenvalue weighted by atomic mass is 16.2. The van der Waals surface area contributed by atoms with Gasteiger partial charge in [0.2, 0.25) is 5.91 Å². The summed E-state index contributed by atoms with van der Waals surface area (Å²) in [6, 6.07) is 0. The molecule has 3 N–H and O–H groups in total. The third-order valence-electron chi connectivity index (χ3n) is 6.27. The second-order valence-electron chi connectivity index (χ2n) is 8.06. The molecule has 19 heavy (non-hydrogen) atoms. The fourth-order valence-electron chi connectivity index (χ4n) is 4.01. The van der Waals surface area contributed by atoms with Crippen molar-refractivity contribution in [3.05, 3.63) is 0 Å². The monoisotopic (exact) mass is 266 g/mol. The molecule has 110 valence electrons. The lowest BCUT2D eigenvalue weighted by molar-refractivity contribution is -0.128. The van der Waals surface area contributed by atoms with Crippen molar-refractivity contribution in [2.75, 3.05) is 6.54 Å². The summed E-state index contributed by atoms with van der Waals surface area (Å²) in [5.74, 6) is 1.20. The molecule has 0 aliphatic heterocycles. The van der Waals surface area contributed by atoms with Crippen LogP contribution in [0, 0.1) is 22.7 Å². The van der Waals surface area contributed by atoms with Crippen molar-refractivity contribution >= 4 is 5.91 Å². The van der Waals surface area contributed by atoms with Crippen LogP contribution in [0.2, 0.25) is 0 Å². The van der Waals surface area contributed by atoms with Crippen LogP contribution in [0.1, 0.15) is 60.3 Å². The lowest BCUT2D eigenvalue weighted by atomic mass is 9.76. The van der Waals surface area contributed by atoms with Crippen LogP contribution in [0.15, 0.2) is 0 Å². The summed E-state index contributed by atoms with van der Waals surface area (Å²) in [5, 5.41) is 3.12. The maximum Gasteiger partial charge on any atom is 0.240 e. The Hall–Kier alpha value is -0.570. The summed E-state index contributed by atoms with van der Waals surface area (Å²) in [6.07, 6.45) is 3.94. The van der Waals surface area contributed by atoms with Crippen molar-refractivity contribution in [1.82, 2.24) is 5.32 Å². The highest BCUT2D eigenvalue weighted by Crippen LogP contribution is 2.67. The predicted octanol–water partition coefficient (Wildman–Crippen LogP) is 2.69. The summed E-state index contributed by atoms with van der Waals surface area (Å²) in [6.45, 7) is 12.1. The minimum Gasteiger partial charge on any atom is -0.354 e. The van der Waals surface area contributed by atoms with Crippen molar-refractivity contribution in [2.24, 2.45) is 28.4 Å². The number of nitrogens with one attached hydrogen (secondary N) is 1. The molecule has 2 fully saturated rings. The van der Waals surface area contributed by atoms with Crippen molar-refractivity contribution in [3.63, 3.8) is 0 Å². The fourth-order valence-corrected chi connectivity index (χ4v) is 4.01. The van der Waals surface area contributed by atoms with Crippen LogP contribution >= 0.6 is 0 Å². The molecule has 2 aliphatic carbocycles. The Balaban J connectivity index is 1.89. The zero-order chi connectivity index (χ0) is 14.5. The Kier molecular flexibility index (Phi) is 3.49. The van der Waals surface area contributed by atoms with E-state index >= 15 is 0 Å². The second kappa shape index (κ2) is 4.47. The molecule has 3 heteroatoms. The van der Waals surface area contributed by atoms with Crippen LogP contribution < -0.4 is 11.1 Å². The first-order chi connectivity index (χ1) is 8.61. The smallest absolute Gasteiger partial charge is 0.240 e. The molecule has 2 aliphatic rings. The van der Waals surface area contributed by atoms with Crippen molar-refractivity contribution in [3.8, 4) is 0 Å². The van der Waals surface area contributed by atoms with E-state index in [-0.39, 0.29) is 5.91 Å². The number of carbonyl (C=O) groups is 1. The second-order valence-corrected chi connectivity index (χ2v) is 8.06. The molecule has 0 aromatic rings. The van der Waals surface area contributed by atoms with Crippen LogP contribution in [0.25, 0.3) is 0 Å². The molecular formula is C16H30N2O. The Morgan fingerprint density at radius 2 is 1.84 bits per heavy atom. The van der Waals surface area contributed by atoms with Gasteiger partial charge in [0.25, 0.3) is 0 Å². The van der Waals surface area contributed by atoms with Crippen LogP contribution in [-0.4, -0.2) is 18.0 Å². The predicted molar refractivity (Wildman–Crippen MR) is 78.6 cm³/mol.